The van der Waals surface area contributed by atoms with Crippen molar-refractivity contribution in [3.63, 3.8) is 0 Å². The second-order valence-corrected chi connectivity index (χ2v) is 8.01. The van der Waals surface area contributed by atoms with E-state index in [1.54, 1.807) is 0 Å². The molecule has 2 rings (SSSR count). The molecule has 2 atom stereocenters. The molecular formula is C17H26N2O3S. The number of likely N-dealkylation sites (tertiary alicyclic amines) is 1. The van der Waals surface area contributed by atoms with E-state index >= 15 is 0 Å². The van der Waals surface area contributed by atoms with Gasteiger partial charge in [-0.25, -0.2) is 4.79 Å². The minimum Gasteiger partial charge on any atom is -0.444 e. The minimum atomic E-state index is -0.502. The Morgan fingerprint density at radius 3 is 2.78 bits per heavy atom. The van der Waals surface area contributed by atoms with Crippen LogP contribution in [0.15, 0.2) is 17.5 Å². The third-order valence-electron chi connectivity index (χ3n) is 3.93. The van der Waals surface area contributed by atoms with Gasteiger partial charge in [-0.15, -0.1) is 11.3 Å². The molecule has 0 aromatic carbocycles. The molecule has 0 aliphatic carbocycles. The van der Waals surface area contributed by atoms with Gasteiger partial charge in [-0.3, -0.25) is 4.79 Å². The molecule has 1 fully saturated rings. The van der Waals surface area contributed by atoms with E-state index in [0.717, 1.165) is 24.3 Å². The number of thiophene rings is 1. The first kappa shape index (κ1) is 17.8. The maximum Gasteiger partial charge on any atom is 0.407 e. The van der Waals surface area contributed by atoms with E-state index in [1.807, 2.05) is 50.1 Å². The highest BCUT2D eigenvalue weighted by atomic mass is 32.1. The number of amides is 2. The number of ether oxygens (including phenoxy) is 1. The fourth-order valence-corrected chi connectivity index (χ4v) is 3.46. The third-order valence-corrected chi connectivity index (χ3v) is 4.79. The van der Waals surface area contributed by atoms with E-state index in [2.05, 4.69) is 5.32 Å². The highest BCUT2D eigenvalue weighted by molar-refractivity contribution is 7.12. The molecule has 1 saturated heterocycles. The molecule has 23 heavy (non-hydrogen) atoms. The van der Waals surface area contributed by atoms with Crippen LogP contribution in [0.25, 0.3) is 0 Å². The number of nitrogens with one attached hydrogen (secondary N) is 1. The van der Waals surface area contributed by atoms with Crippen molar-refractivity contribution in [3.8, 4) is 0 Å². The van der Waals surface area contributed by atoms with Crippen LogP contribution < -0.4 is 5.32 Å². The first-order chi connectivity index (χ1) is 10.8. The zero-order valence-electron chi connectivity index (χ0n) is 14.3. The molecule has 0 bridgehead atoms. The standard InChI is InChI=1S/C17H26N2O3S/c1-12(18-16(21)22-17(2,3)4)13-7-5-9-19(11-13)15(20)14-8-6-10-23-14/h6,8,10,12-13H,5,7,9,11H2,1-4H3,(H,18,21)/t12-,13+/m1/s1. The maximum absolute atomic E-state index is 12.5. The summed E-state index contributed by atoms with van der Waals surface area (Å²) in [5.74, 6) is 0.342. The van der Waals surface area contributed by atoms with Crippen molar-refractivity contribution in [1.82, 2.24) is 10.2 Å². The summed E-state index contributed by atoms with van der Waals surface area (Å²) in [7, 11) is 0. The van der Waals surface area contributed by atoms with Gasteiger partial charge in [0.2, 0.25) is 0 Å². The van der Waals surface area contributed by atoms with Gasteiger partial charge < -0.3 is 15.0 Å². The summed E-state index contributed by atoms with van der Waals surface area (Å²) in [6.07, 6.45) is 1.57. The lowest BCUT2D eigenvalue weighted by Gasteiger charge is -2.36. The minimum absolute atomic E-state index is 0.0243. The van der Waals surface area contributed by atoms with Gasteiger partial charge in [0.05, 0.1) is 4.88 Å². The number of nitrogens with zero attached hydrogens (tertiary/aromatic N) is 1. The highest BCUT2D eigenvalue weighted by Crippen LogP contribution is 2.23. The fraction of sp³-hybridized carbons (Fsp3) is 0.647. The Labute approximate surface area is 142 Å². The van der Waals surface area contributed by atoms with E-state index in [9.17, 15) is 9.59 Å². The molecule has 128 valence electrons. The summed E-state index contributed by atoms with van der Waals surface area (Å²) in [5.41, 5.74) is -0.502. The molecular weight excluding hydrogens is 312 g/mol. The van der Waals surface area contributed by atoms with E-state index < -0.39 is 11.7 Å². The first-order valence-electron chi connectivity index (χ1n) is 8.08. The Bertz CT molecular complexity index is 537. The SMILES string of the molecule is C[C@@H](NC(=O)OC(C)(C)C)[C@H]1CCCN(C(=O)c2cccs2)C1. The van der Waals surface area contributed by atoms with Crippen LogP contribution in [0.3, 0.4) is 0 Å². The second-order valence-electron chi connectivity index (χ2n) is 7.07. The summed E-state index contributed by atoms with van der Waals surface area (Å²) in [4.78, 5) is 27.0. The van der Waals surface area contributed by atoms with Crippen molar-refractivity contribution in [1.29, 1.82) is 0 Å². The maximum atomic E-state index is 12.5. The van der Waals surface area contributed by atoms with Crippen molar-refractivity contribution in [2.45, 2.75) is 52.2 Å². The van der Waals surface area contributed by atoms with Gasteiger partial charge >= 0.3 is 6.09 Å². The topological polar surface area (TPSA) is 58.6 Å². The van der Waals surface area contributed by atoms with E-state index in [4.69, 9.17) is 4.74 Å². The van der Waals surface area contributed by atoms with E-state index in [-0.39, 0.29) is 17.9 Å². The summed E-state index contributed by atoms with van der Waals surface area (Å²) >= 11 is 1.47. The van der Waals surface area contributed by atoms with Crippen molar-refractivity contribution in [2.24, 2.45) is 5.92 Å². The van der Waals surface area contributed by atoms with Gasteiger partial charge in [-0.05, 0) is 57.9 Å². The quantitative estimate of drug-likeness (QED) is 0.917. The Balaban J connectivity index is 1.90. The second kappa shape index (κ2) is 7.34. The van der Waals surface area contributed by atoms with Crippen molar-refractivity contribution >= 4 is 23.3 Å². The molecule has 0 radical (unpaired) electrons. The number of carbonyl (C=O) groups is 2. The van der Waals surface area contributed by atoms with Gasteiger partial charge in [-0.2, -0.15) is 0 Å². The van der Waals surface area contributed by atoms with Crippen LogP contribution in [0.1, 0.15) is 50.2 Å². The number of carbonyl (C=O) groups excluding carboxylic acids is 2. The molecule has 6 heteroatoms. The molecule has 5 nitrogen and oxygen atoms in total. The van der Waals surface area contributed by atoms with Crippen LogP contribution in [0, 0.1) is 5.92 Å². The van der Waals surface area contributed by atoms with Crippen LogP contribution in [-0.2, 0) is 4.74 Å². The van der Waals surface area contributed by atoms with E-state index in [0.29, 0.717) is 6.54 Å². The predicted molar refractivity (Wildman–Crippen MR) is 91.8 cm³/mol. The van der Waals surface area contributed by atoms with Gasteiger partial charge in [0.15, 0.2) is 0 Å². The van der Waals surface area contributed by atoms with Crippen LogP contribution in [0.5, 0.6) is 0 Å². The number of alkyl carbamates (subject to hydrolysis) is 1. The summed E-state index contributed by atoms with van der Waals surface area (Å²) < 4.78 is 5.30. The molecule has 1 aromatic rings. The molecule has 1 aliphatic rings. The molecule has 1 aliphatic heterocycles. The van der Waals surface area contributed by atoms with Gasteiger partial charge in [0.1, 0.15) is 5.60 Å². The van der Waals surface area contributed by atoms with Crippen molar-refractivity contribution in [3.05, 3.63) is 22.4 Å². The predicted octanol–water partition coefficient (Wildman–Crippen LogP) is 3.51. The van der Waals surface area contributed by atoms with Crippen LogP contribution in [0.4, 0.5) is 4.79 Å². The smallest absolute Gasteiger partial charge is 0.407 e. The largest absolute Gasteiger partial charge is 0.444 e. The lowest BCUT2D eigenvalue weighted by molar-refractivity contribution is 0.0461. The monoisotopic (exact) mass is 338 g/mol. The molecule has 0 unspecified atom stereocenters. The zero-order valence-corrected chi connectivity index (χ0v) is 15.1. The average molecular weight is 338 g/mol. The normalized spacial score (nSPS) is 20.0. The molecule has 0 spiro atoms. The molecule has 2 amide bonds. The number of hydrogen-bond donors (Lipinski definition) is 1. The Hall–Kier alpha value is -1.56. The molecule has 1 N–H and O–H groups in total. The van der Waals surface area contributed by atoms with Crippen LogP contribution in [0.2, 0.25) is 0 Å². The van der Waals surface area contributed by atoms with Crippen LogP contribution >= 0.6 is 11.3 Å². The number of piperidine rings is 1. The summed E-state index contributed by atoms with van der Waals surface area (Å²) in [6, 6.07) is 3.73. The van der Waals surface area contributed by atoms with E-state index in [1.165, 1.54) is 11.3 Å². The van der Waals surface area contributed by atoms with Crippen molar-refractivity contribution in [2.75, 3.05) is 13.1 Å². The first-order valence-corrected chi connectivity index (χ1v) is 8.96. The zero-order chi connectivity index (χ0) is 17.0. The highest BCUT2D eigenvalue weighted by Gasteiger charge is 2.29. The van der Waals surface area contributed by atoms with Gasteiger partial charge in [0.25, 0.3) is 5.91 Å². The Morgan fingerprint density at radius 1 is 1.43 bits per heavy atom. The molecule has 0 saturated carbocycles. The average Bonchev–Trinajstić information content (AvgIpc) is 2.98. The van der Waals surface area contributed by atoms with Gasteiger partial charge in [0, 0.05) is 19.1 Å². The van der Waals surface area contributed by atoms with Gasteiger partial charge in [-0.1, -0.05) is 6.07 Å². The fourth-order valence-electron chi connectivity index (χ4n) is 2.77. The summed E-state index contributed by atoms with van der Waals surface area (Å²) in [5, 5.41) is 4.82. The lowest BCUT2D eigenvalue weighted by Crippen LogP contribution is -2.48. The number of hydrogen-bond acceptors (Lipinski definition) is 4. The lowest BCUT2D eigenvalue weighted by atomic mass is 9.91. The Morgan fingerprint density at radius 2 is 2.17 bits per heavy atom. The van der Waals surface area contributed by atoms with Crippen molar-refractivity contribution < 1.29 is 14.3 Å². The van der Waals surface area contributed by atoms with Crippen LogP contribution in [-0.4, -0.2) is 41.6 Å². The molecule has 1 aromatic heterocycles. The Kier molecular flexibility index (Phi) is 5.68. The summed E-state index contributed by atoms with van der Waals surface area (Å²) in [6.45, 7) is 8.98. The third kappa shape index (κ3) is 5.23. The number of rotatable bonds is 3. The molecule has 2 heterocycles.